The second kappa shape index (κ2) is 12.6. The second-order valence-corrected chi connectivity index (χ2v) is 7.98. The number of amides is 2. The summed E-state index contributed by atoms with van der Waals surface area (Å²) in [4.78, 5) is 23.7. The number of nitrogens with one attached hydrogen (secondary N) is 2. The second-order valence-electron chi connectivity index (χ2n) is 6.59. The van der Waals surface area contributed by atoms with Gasteiger partial charge in [-0.2, -0.15) is 5.10 Å². The zero-order valence-electron chi connectivity index (χ0n) is 17.1. The predicted molar refractivity (Wildman–Crippen MR) is 126 cm³/mol. The Morgan fingerprint density at radius 3 is 2.62 bits per heavy atom. The van der Waals surface area contributed by atoms with Crippen molar-refractivity contribution in [3.8, 4) is 5.75 Å². The molecule has 2 amide bonds. The topological polar surface area (TPSA) is 92.9 Å². The Morgan fingerprint density at radius 2 is 1.88 bits per heavy atom. The molecule has 0 radical (unpaired) electrons. The van der Waals surface area contributed by atoms with E-state index >= 15 is 0 Å². The first-order valence-electron chi connectivity index (χ1n) is 9.75. The summed E-state index contributed by atoms with van der Waals surface area (Å²) >= 11 is 7.56. The van der Waals surface area contributed by atoms with Crippen molar-refractivity contribution in [2.75, 3.05) is 12.4 Å². The molecule has 3 rings (SSSR count). The molecule has 3 aromatic rings. The van der Waals surface area contributed by atoms with Crippen LogP contribution in [0.5, 0.6) is 5.75 Å². The van der Waals surface area contributed by atoms with Gasteiger partial charge < -0.3 is 14.5 Å². The molecular weight excluding hydrogens is 450 g/mol. The first-order chi connectivity index (χ1) is 15.6. The number of rotatable bonds is 11. The molecule has 0 atom stereocenters. The Morgan fingerprint density at radius 1 is 1.06 bits per heavy atom. The number of hydrazone groups is 1. The summed E-state index contributed by atoms with van der Waals surface area (Å²) in [7, 11) is 0. The number of furan rings is 1. The molecule has 1 heterocycles. The van der Waals surface area contributed by atoms with Gasteiger partial charge in [0, 0.05) is 10.8 Å². The maximum Gasteiger partial charge on any atom is 0.258 e. The van der Waals surface area contributed by atoms with Gasteiger partial charge in [-0.05, 0) is 53.6 Å². The van der Waals surface area contributed by atoms with Crippen LogP contribution in [0.4, 0.5) is 0 Å². The van der Waals surface area contributed by atoms with Gasteiger partial charge in [-0.1, -0.05) is 29.8 Å². The number of carbonyl (C=O) groups is 2. The fourth-order valence-corrected chi connectivity index (χ4v) is 3.63. The lowest BCUT2D eigenvalue weighted by Crippen LogP contribution is -2.28. The van der Waals surface area contributed by atoms with Crippen LogP contribution in [0.1, 0.15) is 16.9 Å². The summed E-state index contributed by atoms with van der Waals surface area (Å²) in [6.07, 6.45) is 3.09. The molecule has 0 saturated carbocycles. The zero-order chi connectivity index (χ0) is 22.6. The number of benzene rings is 2. The number of nitrogens with zero attached hydrogens (tertiary/aromatic N) is 1. The van der Waals surface area contributed by atoms with Gasteiger partial charge in [-0.25, -0.2) is 5.43 Å². The molecule has 9 heteroatoms. The highest BCUT2D eigenvalue weighted by molar-refractivity contribution is 7.99. The summed E-state index contributed by atoms with van der Waals surface area (Å²) in [6.45, 7) is 0.213. The number of carbonyl (C=O) groups excluding carboxylic acids is 2. The molecule has 0 fully saturated rings. The smallest absolute Gasteiger partial charge is 0.258 e. The standard InChI is InChI=1S/C23H22ClN3O4S/c24-21-6-2-1-4-18(21)15-32-16-23(29)27-26-12-17-7-9-19(10-8-17)31-14-22(28)25-13-20-5-3-11-30-20/h1-12H,13-16H2,(H,25,28)(H,27,29)/b26-12+. The molecule has 166 valence electrons. The summed E-state index contributed by atoms with van der Waals surface area (Å²) in [5.74, 6) is 1.71. The Labute approximate surface area is 195 Å². The lowest BCUT2D eigenvalue weighted by molar-refractivity contribution is -0.123. The molecule has 32 heavy (non-hydrogen) atoms. The van der Waals surface area contributed by atoms with Gasteiger partial charge in [0.05, 0.1) is 24.8 Å². The summed E-state index contributed by atoms with van der Waals surface area (Å²) in [6, 6.07) is 18.1. The van der Waals surface area contributed by atoms with E-state index in [1.165, 1.54) is 18.0 Å². The van der Waals surface area contributed by atoms with Crippen LogP contribution in [-0.2, 0) is 21.9 Å². The Balaban J connectivity index is 1.33. The van der Waals surface area contributed by atoms with Gasteiger partial charge in [0.1, 0.15) is 11.5 Å². The minimum Gasteiger partial charge on any atom is -0.484 e. The summed E-state index contributed by atoms with van der Waals surface area (Å²) in [5.41, 5.74) is 4.27. The maximum atomic E-state index is 11.9. The highest BCUT2D eigenvalue weighted by Gasteiger charge is 2.05. The molecule has 0 aliphatic carbocycles. The molecule has 2 N–H and O–H groups in total. The normalized spacial score (nSPS) is 10.8. The van der Waals surface area contributed by atoms with E-state index in [-0.39, 0.29) is 24.2 Å². The maximum absolute atomic E-state index is 11.9. The average molecular weight is 472 g/mol. The van der Waals surface area contributed by atoms with Gasteiger partial charge in [-0.3, -0.25) is 9.59 Å². The fraction of sp³-hybridized carbons (Fsp3) is 0.174. The first kappa shape index (κ1) is 23.4. The van der Waals surface area contributed by atoms with E-state index in [0.717, 1.165) is 11.1 Å². The summed E-state index contributed by atoms with van der Waals surface area (Å²) < 4.78 is 10.6. The first-order valence-corrected chi connectivity index (χ1v) is 11.3. The van der Waals surface area contributed by atoms with Crippen molar-refractivity contribution in [3.05, 3.63) is 88.8 Å². The quantitative estimate of drug-likeness (QED) is 0.325. The van der Waals surface area contributed by atoms with Crippen molar-refractivity contribution in [2.24, 2.45) is 5.10 Å². The van der Waals surface area contributed by atoms with E-state index in [1.807, 2.05) is 24.3 Å². The van der Waals surface area contributed by atoms with Crippen molar-refractivity contribution >= 4 is 41.4 Å². The van der Waals surface area contributed by atoms with Crippen LogP contribution in [-0.4, -0.2) is 30.4 Å². The van der Waals surface area contributed by atoms with Crippen molar-refractivity contribution in [2.45, 2.75) is 12.3 Å². The molecule has 0 spiro atoms. The Kier molecular flexibility index (Phi) is 9.21. The number of ether oxygens (including phenoxy) is 1. The van der Waals surface area contributed by atoms with E-state index < -0.39 is 0 Å². The molecule has 7 nitrogen and oxygen atoms in total. The van der Waals surface area contributed by atoms with Crippen LogP contribution in [0.2, 0.25) is 5.02 Å². The van der Waals surface area contributed by atoms with Crippen LogP contribution in [0, 0.1) is 0 Å². The van der Waals surface area contributed by atoms with E-state index in [0.29, 0.717) is 28.8 Å². The molecule has 0 saturated heterocycles. The number of halogens is 1. The molecule has 0 unspecified atom stereocenters. The Bertz CT molecular complexity index is 1040. The molecule has 0 aliphatic rings. The van der Waals surface area contributed by atoms with Gasteiger partial charge >= 0.3 is 0 Å². The number of hydrogen-bond acceptors (Lipinski definition) is 6. The summed E-state index contributed by atoms with van der Waals surface area (Å²) in [5, 5.41) is 7.36. The van der Waals surface area contributed by atoms with Gasteiger partial charge in [0.2, 0.25) is 5.91 Å². The molecule has 1 aromatic heterocycles. The molecule has 0 aliphatic heterocycles. The minimum atomic E-state index is -0.248. The molecule has 2 aromatic carbocycles. The van der Waals surface area contributed by atoms with E-state index in [1.54, 1.807) is 42.7 Å². The van der Waals surface area contributed by atoms with Gasteiger partial charge in [-0.15, -0.1) is 11.8 Å². The third-order valence-electron chi connectivity index (χ3n) is 4.14. The zero-order valence-corrected chi connectivity index (χ0v) is 18.7. The third-order valence-corrected chi connectivity index (χ3v) is 5.49. The third kappa shape index (κ3) is 8.13. The lowest BCUT2D eigenvalue weighted by Gasteiger charge is -2.07. The van der Waals surface area contributed by atoms with E-state index in [4.69, 9.17) is 20.8 Å². The van der Waals surface area contributed by atoms with Crippen molar-refractivity contribution < 1.29 is 18.7 Å². The van der Waals surface area contributed by atoms with Crippen molar-refractivity contribution in [1.29, 1.82) is 0 Å². The van der Waals surface area contributed by atoms with E-state index in [2.05, 4.69) is 15.8 Å². The number of thioether (sulfide) groups is 1. The Hall–Kier alpha value is -3.23. The van der Waals surface area contributed by atoms with Gasteiger partial charge in [0.25, 0.3) is 5.91 Å². The van der Waals surface area contributed by atoms with E-state index in [9.17, 15) is 9.59 Å². The average Bonchev–Trinajstić information content (AvgIpc) is 3.32. The largest absolute Gasteiger partial charge is 0.484 e. The molecular formula is C23H22ClN3O4S. The van der Waals surface area contributed by atoms with Gasteiger partial charge in [0.15, 0.2) is 6.61 Å². The molecule has 0 bridgehead atoms. The predicted octanol–water partition coefficient (Wildman–Crippen LogP) is 4.01. The van der Waals surface area contributed by atoms with Crippen LogP contribution >= 0.6 is 23.4 Å². The van der Waals surface area contributed by atoms with Crippen LogP contribution in [0.25, 0.3) is 0 Å². The SMILES string of the molecule is O=C(COc1ccc(/C=N/NC(=O)CSCc2ccccc2Cl)cc1)NCc1ccco1. The fourth-order valence-electron chi connectivity index (χ4n) is 2.53. The van der Waals surface area contributed by atoms with Crippen LogP contribution < -0.4 is 15.5 Å². The van der Waals surface area contributed by atoms with Crippen molar-refractivity contribution in [1.82, 2.24) is 10.7 Å². The minimum absolute atomic E-state index is 0.101. The monoisotopic (exact) mass is 471 g/mol. The lowest BCUT2D eigenvalue weighted by atomic mass is 10.2. The number of hydrogen-bond donors (Lipinski definition) is 2. The highest BCUT2D eigenvalue weighted by Crippen LogP contribution is 2.20. The van der Waals surface area contributed by atoms with Crippen molar-refractivity contribution in [3.63, 3.8) is 0 Å². The van der Waals surface area contributed by atoms with Crippen LogP contribution in [0.3, 0.4) is 0 Å². The highest BCUT2D eigenvalue weighted by atomic mass is 35.5. The van der Waals surface area contributed by atoms with Crippen LogP contribution in [0.15, 0.2) is 76.4 Å².